The molecule has 2 aliphatic heterocycles. The Bertz CT molecular complexity index is 609. The summed E-state index contributed by atoms with van der Waals surface area (Å²) in [7, 11) is 0. The van der Waals surface area contributed by atoms with E-state index in [0.717, 1.165) is 0 Å². The van der Waals surface area contributed by atoms with Crippen molar-refractivity contribution >= 4 is 11.8 Å². The van der Waals surface area contributed by atoms with Crippen LogP contribution in [0, 0.1) is 11.3 Å². The Morgan fingerprint density at radius 2 is 1.71 bits per heavy atom. The summed E-state index contributed by atoms with van der Waals surface area (Å²) in [6.07, 6.45) is 0.0323. The molecule has 2 fully saturated rings. The molecule has 5 heteroatoms. The minimum atomic E-state index is -0.386. The van der Waals surface area contributed by atoms with Gasteiger partial charge in [-0.3, -0.25) is 9.59 Å². The van der Waals surface area contributed by atoms with Crippen molar-refractivity contribution in [2.45, 2.75) is 26.9 Å². The van der Waals surface area contributed by atoms with Crippen molar-refractivity contribution in [3.63, 3.8) is 0 Å². The number of carbonyl (C=O) groups excluding carboxylic acids is 2. The van der Waals surface area contributed by atoms with E-state index in [-0.39, 0.29) is 29.3 Å². The van der Waals surface area contributed by atoms with Gasteiger partial charge in [-0.05, 0) is 12.1 Å². The summed E-state index contributed by atoms with van der Waals surface area (Å²) in [5.74, 6) is 0.381. The van der Waals surface area contributed by atoms with Gasteiger partial charge in [0.2, 0.25) is 5.91 Å². The van der Waals surface area contributed by atoms with Crippen molar-refractivity contribution in [3.05, 3.63) is 35.9 Å². The summed E-state index contributed by atoms with van der Waals surface area (Å²) in [4.78, 5) is 29.0. The molecule has 2 aliphatic rings. The van der Waals surface area contributed by atoms with Gasteiger partial charge in [0.15, 0.2) is 0 Å². The molecule has 2 amide bonds. The van der Waals surface area contributed by atoms with Crippen LogP contribution in [0.5, 0.6) is 0 Å². The SMILES string of the molecule is CC(C)(C)C(=O)N1C[C@@H]2CN(C(=O)c3ccccc3)CCO[C@@H]2C1. The zero-order chi connectivity index (χ0) is 17.3. The standard InChI is InChI=1S/C19H26N2O3/c1-19(2,3)18(23)21-12-15-11-20(9-10-24-16(15)13-21)17(22)14-7-5-4-6-8-14/h4-8,15-16H,9-13H2,1-3H3/t15-,16+/m0/s1. The Labute approximate surface area is 143 Å². The van der Waals surface area contributed by atoms with E-state index in [1.54, 1.807) is 0 Å². The number of amides is 2. The first-order chi connectivity index (χ1) is 11.4. The fraction of sp³-hybridized carbons (Fsp3) is 0.579. The number of fused-ring (bicyclic) bond motifs is 1. The molecule has 130 valence electrons. The van der Waals surface area contributed by atoms with E-state index in [9.17, 15) is 9.59 Å². The topological polar surface area (TPSA) is 49.9 Å². The van der Waals surface area contributed by atoms with E-state index in [0.29, 0.717) is 38.3 Å². The van der Waals surface area contributed by atoms with Crippen LogP contribution in [0.25, 0.3) is 0 Å². The van der Waals surface area contributed by atoms with Gasteiger partial charge in [-0.25, -0.2) is 0 Å². The van der Waals surface area contributed by atoms with E-state index >= 15 is 0 Å². The monoisotopic (exact) mass is 330 g/mol. The number of benzene rings is 1. The Morgan fingerprint density at radius 1 is 1.04 bits per heavy atom. The molecule has 24 heavy (non-hydrogen) atoms. The summed E-state index contributed by atoms with van der Waals surface area (Å²) in [5.41, 5.74) is 0.319. The van der Waals surface area contributed by atoms with E-state index < -0.39 is 0 Å². The summed E-state index contributed by atoms with van der Waals surface area (Å²) in [5, 5.41) is 0. The number of carbonyl (C=O) groups is 2. The van der Waals surface area contributed by atoms with Gasteiger partial charge in [0, 0.05) is 43.1 Å². The summed E-state index contributed by atoms with van der Waals surface area (Å²) in [6.45, 7) is 8.89. The van der Waals surface area contributed by atoms with Crippen molar-refractivity contribution in [1.29, 1.82) is 0 Å². The lowest BCUT2D eigenvalue weighted by atomic mass is 9.95. The molecule has 1 aromatic rings. The number of rotatable bonds is 1. The van der Waals surface area contributed by atoms with Crippen LogP contribution in [0.1, 0.15) is 31.1 Å². The molecule has 2 atom stereocenters. The summed E-state index contributed by atoms with van der Waals surface area (Å²) in [6, 6.07) is 9.35. The van der Waals surface area contributed by atoms with E-state index in [4.69, 9.17) is 4.74 Å². The summed E-state index contributed by atoms with van der Waals surface area (Å²) < 4.78 is 5.95. The highest BCUT2D eigenvalue weighted by Crippen LogP contribution is 2.28. The minimum absolute atomic E-state index is 0.0323. The quantitative estimate of drug-likeness (QED) is 0.792. The molecule has 3 rings (SSSR count). The van der Waals surface area contributed by atoms with Crippen molar-refractivity contribution < 1.29 is 14.3 Å². The Morgan fingerprint density at radius 3 is 2.38 bits per heavy atom. The first kappa shape index (κ1) is 17.0. The smallest absolute Gasteiger partial charge is 0.253 e. The Balaban J connectivity index is 1.70. The molecule has 0 radical (unpaired) electrons. The lowest BCUT2D eigenvalue weighted by Gasteiger charge is -2.27. The van der Waals surface area contributed by atoms with Gasteiger partial charge in [-0.1, -0.05) is 39.0 Å². The Hall–Kier alpha value is -1.88. The third-order valence-corrected chi connectivity index (χ3v) is 4.77. The maximum atomic E-state index is 12.7. The van der Waals surface area contributed by atoms with Gasteiger partial charge in [0.25, 0.3) is 5.91 Å². The number of hydrogen-bond donors (Lipinski definition) is 0. The molecule has 2 saturated heterocycles. The van der Waals surface area contributed by atoms with Crippen LogP contribution in [-0.2, 0) is 9.53 Å². The first-order valence-electron chi connectivity index (χ1n) is 8.61. The molecular formula is C19H26N2O3. The predicted molar refractivity (Wildman–Crippen MR) is 91.6 cm³/mol. The van der Waals surface area contributed by atoms with Gasteiger partial charge >= 0.3 is 0 Å². The number of hydrogen-bond acceptors (Lipinski definition) is 3. The maximum Gasteiger partial charge on any atom is 0.253 e. The average molecular weight is 330 g/mol. The second-order valence-corrected chi connectivity index (χ2v) is 7.75. The zero-order valence-electron chi connectivity index (χ0n) is 14.7. The number of likely N-dealkylation sites (tertiary alicyclic amines) is 1. The van der Waals surface area contributed by atoms with E-state index in [1.807, 2.05) is 60.9 Å². The van der Waals surface area contributed by atoms with E-state index in [2.05, 4.69) is 0 Å². The second kappa shape index (κ2) is 6.55. The van der Waals surface area contributed by atoms with Crippen molar-refractivity contribution in [3.8, 4) is 0 Å². The fourth-order valence-electron chi connectivity index (χ4n) is 3.48. The highest BCUT2D eigenvalue weighted by atomic mass is 16.5. The van der Waals surface area contributed by atoms with Crippen molar-refractivity contribution in [2.24, 2.45) is 11.3 Å². The summed E-state index contributed by atoms with van der Waals surface area (Å²) >= 11 is 0. The molecule has 0 aliphatic carbocycles. The van der Waals surface area contributed by atoms with Gasteiger partial charge in [0.05, 0.1) is 12.7 Å². The molecule has 0 spiro atoms. The maximum absolute atomic E-state index is 12.7. The Kier molecular flexibility index (Phi) is 4.63. The zero-order valence-corrected chi connectivity index (χ0v) is 14.7. The molecule has 0 aromatic heterocycles. The highest BCUT2D eigenvalue weighted by Gasteiger charge is 2.41. The van der Waals surface area contributed by atoms with Crippen molar-refractivity contribution in [1.82, 2.24) is 9.80 Å². The fourth-order valence-corrected chi connectivity index (χ4v) is 3.48. The number of ether oxygens (including phenoxy) is 1. The van der Waals surface area contributed by atoms with Crippen LogP contribution in [-0.4, -0.2) is 60.5 Å². The third kappa shape index (κ3) is 3.46. The second-order valence-electron chi connectivity index (χ2n) is 7.75. The van der Waals surface area contributed by atoms with Crippen LogP contribution in [0.2, 0.25) is 0 Å². The molecule has 5 nitrogen and oxygen atoms in total. The highest BCUT2D eigenvalue weighted by molar-refractivity contribution is 5.94. The van der Waals surface area contributed by atoms with Crippen LogP contribution in [0.15, 0.2) is 30.3 Å². The lowest BCUT2D eigenvalue weighted by molar-refractivity contribution is -0.138. The molecule has 1 aromatic carbocycles. The largest absolute Gasteiger partial charge is 0.374 e. The first-order valence-corrected chi connectivity index (χ1v) is 8.61. The molecule has 2 heterocycles. The van der Waals surface area contributed by atoms with Crippen LogP contribution < -0.4 is 0 Å². The lowest BCUT2D eigenvalue weighted by Crippen LogP contribution is -2.40. The normalized spacial score (nSPS) is 24.5. The molecule has 0 N–H and O–H groups in total. The molecule has 0 bridgehead atoms. The third-order valence-electron chi connectivity index (χ3n) is 4.77. The van der Waals surface area contributed by atoms with Gasteiger partial charge in [-0.2, -0.15) is 0 Å². The van der Waals surface area contributed by atoms with Crippen molar-refractivity contribution in [2.75, 3.05) is 32.8 Å². The molecule has 0 unspecified atom stereocenters. The molecule has 0 saturated carbocycles. The van der Waals surface area contributed by atoms with Gasteiger partial charge in [-0.15, -0.1) is 0 Å². The van der Waals surface area contributed by atoms with Crippen LogP contribution >= 0.6 is 0 Å². The molecular weight excluding hydrogens is 304 g/mol. The van der Waals surface area contributed by atoms with Crippen LogP contribution in [0.3, 0.4) is 0 Å². The van der Waals surface area contributed by atoms with Crippen LogP contribution in [0.4, 0.5) is 0 Å². The number of nitrogens with zero attached hydrogens (tertiary/aromatic N) is 2. The van der Waals surface area contributed by atoms with Gasteiger partial charge in [0.1, 0.15) is 0 Å². The average Bonchev–Trinajstić information content (AvgIpc) is 2.85. The predicted octanol–water partition coefficient (Wildman–Crippen LogP) is 2.03. The van der Waals surface area contributed by atoms with Gasteiger partial charge < -0.3 is 14.5 Å². The minimum Gasteiger partial charge on any atom is -0.374 e. The van der Waals surface area contributed by atoms with E-state index in [1.165, 1.54) is 0 Å².